The van der Waals surface area contributed by atoms with Crippen LogP contribution in [0.3, 0.4) is 0 Å². The molecule has 0 aromatic carbocycles. The van der Waals surface area contributed by atoms with E-state index in [0.29, 0.717) is 31.8 Å². The molecule has 38 heavy (non-hydrogen) atoms. The van der Waals surface area contributed by atoms with Gasteiger partial charge in [0.05, 0.1) is 30.6 Å². The molecule has 2 bridgehead atoms. The summed E-state index contributed by atoms with van der Waals surface area (Å²) in [5.41, 5.74) is 3.03. The maximum Gasteiger partial charge on any atom is 0.330 e. The van der Waals surface area contributed by atoms with E-state index < -0.39 is 18.2 Å². The summed E-state index contributed by atoms with van der Waals surface area (Å²) in [6, 6.07) is 0. The van der Waals surface area contributed by atoms with Gasteiger partial charge in [-0.2, -0.15) is 0 Å². The first-order valence-corrected chi connectivity index (χ1v) is 13.6. The number of aliphatic hydroxyl groups excluding tert-OH is 1. The second-order valence-electron chi connectivity index (χ2n) is 10.5. The number of allylic oxidation sites excluding steroid dienone is 2. The van der Waals surface area contributed by atoms with Gasteiger partial charge < -0.3 is 24.2 Å². The Morgan fingerprint density at radius 2 is 2.00 bits per heavy atom. The predicted molar refractivity (Wildman–Crippen MR) is 150 cm³/mol. The number of nitrogens with zero attached hydrogens (tertiary/aromatic N) is 1. The number of hydrogen-bond donors (Lipinski definition) is 1. The Kier molecular flexibility index (Phi) is 12.3. The van der Waals surface area contributed by atoms with Gasteiger partial charge in [-0.05, 0) is 51.0 Å². The van der Waals surface area contributed by atoms with Crippen LogP contribution in [0.2, 0.25) is 0 Å². The molecule has 7 nitrogen and oxygen atoms in total. The van der Waals surface area contributed by atoms with E-state index in [1.54, 1.807) is 12.2 Å². The zero-order chi connectivity index (χ0) is 27.3. The average Bonchev–Trinajstić information content (AvgIpc) is 2.86. The first-order valence-electron chi connectivity index (χ1n) is 13.6. The third kappa shape index (κ3) is 10.6. The molecule has 6 atom stereocenters. The lowest BCUT2D eigenvalue weighted by Crippen LogP contribution is -2.30. The molecule has 0 unspecified atom stereocenters. The van der Waals surface area contributed by atoms with Gasteiger partial charge in [0.15, 0.2) is 0 Å². The number of carbonyl (C=O) groups excluding carboxylic acids is 1. The highest BCUT2D eigenvalue weighted by Crippen LogP contribution is 2.25. The number of ether oxygens (including phenoxy) is 3. The van der Waals surface area contributed by atoms with Crippen LogP contribution in [0.5, 0.6) is 0 Å². The first kappa shape index (κ1) is 29.8. The summed E-state index contributed by atoms with van der Waals surface area (Å²) in [4.78, 5) is 17.7. The smallest absolute Gasteiger partial charge is 0.330 e. The van der Waals surface area contributed by atoms with Gasteiger partial charge in [-0.3, -0.25) is 0 Å². The normalized spacial score (nSPS) is 33.6. The summed E-state index contributed by atoms with van der Waals surface area (Å²) < 4.78 is 17.6. The van der Waals surface area contributed by atoms with Crippen LogP contribution in [-0.4, -0.2) is 61.0 Å². The predicted octanol–water partition coefficient (Wildman–Crippen LogP) is 5.54. The van der Waals surface area contributed by atoms with Crippen LogP contribution in [0.1, 0.15) is 58.8 Å². The highest BCUT2D eigenvalue weighted by Gasteiger charge is 2.23. The summed E-state index contributed by atoms with van der Waals surface area (Å²) in [5, 5.41) is 15.1. The van der Waals surface area contributed by atoms with Crippen molar-refractivity contribution in [1.29, 1.82) is 0 Å². The molecule has 0 saturated carbocycles. The van der Waals surface area contributed by atoms with Crippen LogP contribution in [0.4, 0.5) is 0 Å². The third-order valence-electron chi connectivity index (χ3n) is 6.80. The van der Waals surface area contributed by atoms with Gasteiger partial charge in [-0.1, -0.05) is 72.3 Å². The largest absolute Gasteiger partial charge is 0.456 e. The summed E-state index contributed by atoms with van der Waals surface area (Å²) >= 11 is 0. The molecule has 3 aliphatic heterocycles. The van der Waals surface area contributed by atoms with Crippen LogP contribution in [0.15, 0.2) is 77.6 Å². The monoisotopic (exact) mass is 525 g/mol. The highest BCUT2D eigenvalue weighted by molar-refractivity contribution is 5.96. The molecule has 0 spiro atoms. The summed E-state index contributed by atoms with van der Waals surface area (Å²) in [5.74, 6) is -0.0932. The standard InChI is InChI=1S/C31H43NO6/c1-22-16-17-36-27(20-22)14-15-29(33)30-12-5-8-25(32-35-4)19-23(2)18-24(3)21-28-11-6-9-26(37-28)10-7-13-31(34)38-30/h5-9,13-16,24,26-30,33H,2,10-12,17-21H2,1,3-4H3/b8-5+,13-7-,15-14+,32-25?/t24-,26-,27+,28-,29-,30-/m0/s1. The zero-order valence-corrected chi connectivity index (χ0v) is 23.0. The van der Waals surface area contributed by atoms with Gasteiger partial charge in [0.1, 0.15) is 19.3 Å². The van der Waals surface area contributed by atoms with Gasteiger partial charge in [0, 0.05) is 18.9 Å². The van der Waals surface area contributed by atoms with E-state index in [9.17, 15) is 9.90 Å². The second-order valence-corrected chi connectivity index (χ2v) is 10.5. The highest BCUT2D eigenvalue weighted by atomic mass is 16.6. The molecule has 0 aromatic rings. The molecule has 7 heteroatoms. The topological polar surface area (TPSA) is 86.6 Å². The minimum atomic E-state index is -0.999. The maximum absolute atomic E-state index is 12.7. The fourth-order valence-corrected chi connectivity index (χ4v) is 4.95. The van der Waals surface area contributed by atoms with Crippen molar-refractivity contribution in [3.63, 3.8) is 0 Å². The molecular formula is C31H43NO6. The molecule has 208 valence electrons. The number of hydrogen-bond acceptors (Lipinski definition) is 7. The van der Waals surface area contributed by atoms with Gasteiger partial charge >= 0.3 is 5.97 Å². The van der Waals surface area contributed by atoms with Crippen molar-refractivity contribution in [3.05, 3.63) is 72.4 Å². The number of aliphatic hydroxyl groups is 1. The lowest BCUT2D eigenvalue weighted by atomic mass is 9.91. The number of cyclic esters (lactones) is 1. The summed E-state index contributed by atoms with van der Waals surface area (Å²) in [6.45, 7) is 9.10. The fraction of sp³-hybridized carbons (Fsp3) is 0.548. The van der Waals surface area contributed by atoms with E-state index in [0.717, 1.165) is 37.0 Å². The van der Waals surface area contributed by atoms with Crippen LogP contribution in [0.25, 0.3) is 0 Å². The van der Waals surface area contributed by atoms with Crippen molar-refractivity contribution < 1.29 is 28.9 Å². The molecule has 3 rings (SSSR count). The van der Waals surface area contributed by atoms with E-state index in [4.69, 9.17) is 19.0 Å². The van der Waals surface area contributed by atoms with Crippen molar-refractivity contribution in [3.8, 4) is 0 Å². The number of carbonyl (C=O) groups is 1. The van der Waals surface area contributed by atoms with Crippen LogP contribution in [0, 0.1) is 5.92 Å². The Balaban J connectivity index is 1.76. The quantitative estimate of drug-likeness (QED) is 0.295. The van der Waals surface area contributed by atoms with Gasteiger partial charge in [-0.15, -0.1) is 0 Å². The third-order valence-corrected chi connectivity index (χ3v) is 6.80. The lowest BCUT2D eigenvalue weighted by Gasteiger charge is -2.28. The SMILES string of the molecule is C=C1CC(=NOC)/C=C/C[C@@H]([C@@H](O)/C=C/[C@@H]2CC(C)=CCO2)OC(=O)/C=C\C[C@@H]2C=CC[C@@H](C[C@@H](C)C1)O2. The van der Waals surface area contributed by atoms with E-state index in [-0.39, 0.29) is 18.3 Å². The molecule has 0 amide bonds. The van der Waals surface area contributed by atoms with Crippen LogP contribution >= 0.6 is 0 Å². The van der Waals surface area contributed by atoms with Gasteiger partial charge in [-0.25, -0.2) is 4.79 Å². The molecule has 1 N–H and O–H groups in total. The van der Waals surface area contributed by atoms with Gasteiger partial charge in [0.2, 0.25) is 0 Å². The summed E-state index contributed by atoms with van der Waals surface area (Å²) in [6.07, 6.45) is 19.7. The Labute approximate surface area is 227 Å². The Morgan fingerprint density at radius 1 is 1.18 bits per heavy atom. The number of rotatable bonds is 4. The number of fused-ring (bicyclic) bond motifs is 2. The lowest BCUT2D eigenvalue weighted by molar-refractivity contribution is -0.147. The Hall–Kier alpha value is -2.74. The van der Waals surface area contributed by atoms with Crippen molar-refractivity contribution >= 4 is 11.7 Å². The minimum Gasteiger partial charge on any atom is -0.456 e. The first-order chi connectivity index (χ1) is 18.3. The molecule has 3 heterocycles. The van der Waals surface area contributed by atoms with E-state index >= 15 is 0 Å². The van der Waals surface area contributed by atoms with Crippen molar-refractivity contribution in [1.82, 2.24) is 0 Å². The molecule has 0 aliphatic carbocycles. The summed E-state index contributed by atoms with van der Waals surface area (Å²) in [7, 11) is 1.51. The fourth-order valence-electron chi connectivity index (χ4n) is 4.95. The van der Waals surface area contributed by atoms with Gasteiger partial charge in [0.25, 0.3) is 0 Å². The molecule has 0 saturated heterocycles. The molecule has 0 radical (unpaired) electrons. The molecule has 0 aromatic heterocycles. The van der Waals surface area contributed by atoms with Crippen LogP contribution < -0.4 is 0 Å². The molecule has 3 aliphatic rings. The number of esters is 1. The zero-order valence-electron chi connectivity index (χ0n) is 23.0. The van der Waals surface area contributed by atoms with E-state index in [2.05, 4.69) is 31.7 Å². The Bertz CT molecular complexity index is 975. The molecular weight excluding hydrogens is 482 g/mol. The number of oxime groups is 1. The average molecular weight is 526 g/mol. The molecule has 0 fully saturated rings. The van der Waals surface area contributed by atoms with E-state index in [1.165, 1.54) is 18.8 Å². The maximum atomic E-state index is 12.7. The van der Waals surface area contributed by atoms with Crippen molar-refractivity contribution in [2.24, 2.45) is 11.1 Å². The van der Waals surface area contributed by atoms with E-state index in [1.807, 2.05) is 30.4 Å². The van der Waals surface area contributed by atoms with Crippen molar-refractivity contribution in [2.45, 2.75) is 89.3 Å². The van der Waals surface area contributed by atoms with Crippen LogP contribution in [-0.2, 0) is 23.8 Å². The Morgan fingerprint density at radius 3 is 2.79 bits per heavy atom. The van der Waals surface area contributed by atoms with Crippen molar-refractivity contribution in [2.75, 3.05) is 13.7 Å². The second kappa shape index (κ2) is 15.6. The minimum absolute atomic E-state index is 0.0761.